The number of hydrogen-bond donors (Lipinski definition) is 1. The fourth-order valence-electron chi connectivity index (χ4n) is 0.821. The maximum absolute atomic E-state index is 8.37. The van der Waals surface area contributed by atoms with Crippen LogP contribution < -0.4 is 9.47 Å². The molecule has 0 aliphatic carbocycles. The highest BCUT2D eigenvalue weighted by Gasteiger charge is 2.09. The highest BCUT2D eigenvalue weighted by atomic mass is 16.5. The third-order valence-corrected chi connectivity index (χ3v) is 1.33. The summed E-state index contributed by atoms with van der Waals surface area (Å²) in [5.74, 6) is 1.37. The molecule has 0 aliphatic rings. The number of ether oxygens (including phenoxy) is 2. The minimum atomic E-state index is 0.222. The Morgan fingerprint density at radius 2 is 2.25 bits per heavy atom. The van der Waals surface area contributed by atoms with Crippen LogP contribution in [0.25, 0.3) is 0 Å². The molecule has 5 heteroatoms. The maximum atomic E-state index is 8.37. The number of H-pyrrole nitrogens is 1. The fraction of sp³-hybridized carbons (Fsp3) is 0.429. The minimum absolute atomic E-state index is 0.222. The summed E-state index contributed by atoms with van der Waals surface area (Å²) in [6, 6.07) is 1.97. The Bertz CT molecular complexity index is 279. The lowest BCUT2D eigenvalue weighted by molar-refractivity contribution is 0.340. The average Bonchev–Trinajstić information content (AvgIpc) is 2.48. The molecule has 0 saturated carbocycles. The van der Waals surface area contributed by atoms with Crippen molar-refractivity contribution in [3.05, 3.63) is 5.82 Å². The van der Waals surface area contributed by atoms with Gasteiger partial charge in [0.25, 0.3) is 11.8 Å². The Kier molecular flexibility index (Phi) is 2.53. The molecule has 0 saturated heterocycles. The van der Waals surface area contributed by atoms with E-state index in [-0.39, 0.29) is 6.42 Å². The van der Waals surface area contributed by atoms with E-state index in [1.807, 2.05) is 6.07 Å². The second-order valence-corrected chi connectivity index (χ2v) is 2.06. The molecule has 1 heterocycles. The van der Waals surface area contributed by atoms with E-state index in [2.05, 4.69) is 9.97 Å². The average molecular weight is 167 g/mol. The van der Waals surface area contributed by atoms with Crippen LogP contribution in [0.4, 0.5) is 0 Å². The van der Waals surface area contributed by atoms with Crippen molar-refractivity contribution in [3.63, 3.8) is 0 Å². The van der Waals surface area contributed by atoms with Crippen LogP contribution in [0.1, 0.15) is 5.82 Å². The van der Waals surface area contributed by atoms with Crippen LogP contribution in [-0.4, -0.2) is 24.2 Å². The van der Waals surface area contributed by atoms with E-state index in [1.165, 1.54) is 14.2 Å². The molecule has 0 spiro atoms. The van der Waals surface area contributed by atoms with Crippen LogP contribution in [0.5, 0.6) is 11.8 Å². The highest BCUT2D eigenvalue weighted by Crippen LogP contribution is 2.22. The van der Waals surface area contributed by atoms with Crippen LogP contribution in [0.2, 0.25) is 0 Å². The highest BCUT2D eigenvalue weighted by molar-refractivity contribution is 5.28. The molecule has 1 N–H and O–H groups in total. The monoisotopic (exact) mass is 167 g/mol. The van der Waals surface area contributed by atoms with Gasteiger partial charge in [-0.05, 0) is 0 Å². The quantitative estimate of drug-likeness (QED) is 0.711. The largest absolute Gasteiger partial charge is 0.478 e. The molecule has 64 valence electrons. The zero-order valence-electron chi connectivity index (χ0n) is 6.92. The van der Waals surface area contributed by atoms with Crippen molar-refractivity contribution in [2.24, 2.45) is 0 Å². The number of aromatic amines is 1. The van der Waals surface area contributed by atoms with Gasteiger partial charge in [0.05, 0.1) is 26.7 Å². The van der Waals surface area contributed by atoms with E-state index >= 15 is 0 Å². The molecule has 1 aromatic heterocycles. The topological polar surface area (TPSA) is 70.9 Å². The number of aromatic nitrogens is 2. The predicted molar refractivity (Wildman–Crippen MR) is 41.0 cm³/mol. The van der Waals surface area contributed by atoms with Gasteiger partial charge in [-0.25, -0.2) is 0 Å². The summed E-state index contributed by atoms with van der Waals surface area (Å²) in [6.45, 7) is 0. The van der Waals surface area contributed by atoms with Crippen molar-refractivity contribution < 1.29 is 9.47 Å². The molecular weight excluding hydrogens is 158 g/mol. The van der Waals surface area contributed by atoms with Gasteiger partial charge >= 0.3 is 0 Å². The van der Waals surface area contributed by atoms with Crippen molar-refractivity contribution >= 4 is 0 Å². The van der Waals surface area contributed by atoms with Gasteiger partial charge in [0.2, 0.25) is 0 Å². The van der Waals surface area contributed by atoms with Gasteiger partial charge in [0.15, 0.2) is 0 Å². The molecule has 0 atom stereocenters. The molecule has 0 unspecified atom stereocenters. The fourth-order valence-corrected chi connectivity index (χ4v) is 0.821. The first-order chi connectivity index (χ1) is 5.81. The first-order valence-electron chi connectivity index (χ1n) is 3.35. The lowest BCUT2D eigenvalue weighted by Gasteiger charge is -1.96. The Labute approximate surface area is 69.9 Å². The second-order valence-electron chi connectivity index (χ2n) is 2.06. The van der Waals surface area contributed by atoms with Gasteiger partial charge in [0.1, 0.15) is 5.82 Å². The molecule has 0 bridgehead atoms. The summed E-state index contributed by atoms with van der Waals surface area (Å²) in [5, 5.41) is 8.37. The van der Waals surface area contributed by atoms with Crippen molar-refractivity contribution in [1.82, 2.24) is 9.97 Å². The number of nitrogens with zero attached hydrogens (tertiary/aromatic N) is 2. The van der Waals surface area contributed by atoms with E-state index in [9.17, 15) is 0 Å². The van der Waals surface area contributed by atoms with E-state index in [0.29, 0.717) is 17.6 Å². The van der Waals surface area contributed by atoms with Gasteiger partial charge in [-0.15, -0.1) is 0 Å². The Balaban J connectivity index is 2.91. The van der Waals surface area contributed by atoms with E-state index < -0.39 is 0 Å². The van der Waals surface area contributed by atoms with Crippen molar-refractivity contribution in [1.29, 1.82) is 5.26 Å². The molecule has 0 aromatic carbocycles. The Morgan fingerprint density at radius 1 is 1.50 bits per heavy atom. The van der Waals surface area contributed by atoms with Gasteiger partial charge in [-0.3, -0.25) is 0 Å². The molecule has 0 fully saturated rings. The molecule has 0 radical (unpaired) electrons. The van der Waals surface area contributed by atoms with Gasteiger partial charge in [-0.1, -0.05) is 0 Å². The van der Waals surface area contributed by atoms with E-state index in [4.69, 9.17) is 14.7 Å². The number of nitrogens with one attached hydrogen (secondary N) is 1. The Hall–Kier alpha value is -1.70. The summed E-state index contributed by atoms with van der Waals surface area (Å²) >= 11 is 0. The molecule has 0 aliphatic heterocycles. The zero-order chi connectivity index (χ0) is 8.97. The van der Waals surface area contributed by atoms with Crippen molar-refractivity contribution in [2.45, 2.75) is 6.42 Å². The smallest absolute Gasteiger partial charge is 0.277 e. The van der Waals surface area contributed by atoms with Gasteiger partial charge in [-0.2, -0.15) is 10.2 Å². The SMILES string of the molecule is COc1nc(CC#N)[nH]c1OC. The third kappa shape index (κ3) is 1.48. The van der Waals surface area contributed by atoms with Gasteiger partial charge in [0, 0.05) is 0 Å². The molecule has 1 rings (SSSR count). The van der Waals surface area contributed by atoms with Crippen molar-refractivity contribution in [3.8, 4) is 17.8 Å². The van der Waals surface area contributed by atoms with Crippen LogP contribution in [0.15, 0.2) is 0 Å². The second kappa shape index (κ2) is 3.62. The molecule has 12 heavy (non-hydrogen) atoms. The summed E-state index contributed by atoms with van der Waals surface area (Å²) in [6.07, 6.45) is 0.222. The number of hydrogen-bond acceptors (Lipinski definition) is 4. The number of imidazole rings is 1. The lowest BCUT2D eigenvalue weighted by Crippen LogP contribution is -1.87. The van der Waals surface area contributed by atoms with Crippen LogP contribution >= 0.6 is 0 Å². The molecule has 0 amide bonds. The number of nitriles is 1. The number of rotatable bonds is 3. The third-order valence-electron chi connectivity index (χ3n) is 1.33. The standard InChI is InChI=1S/C7H9N3O2/c1-11-6-7(12-2)10-5(9-6)3-4-8/h3H2,1-2H3,(H,9,10). The lowest BCUT2D eigenvalue weighted by atomic mass is 10.5. The van der Waals surface area contributed by atoms with E-state index in [1.54, 1.807) is 0 Å². The zero-order valence-corrected chi connectivity index (χ0v) is 6.92. The first-order valence-corrected chi connectivity index (χ1v) is 3.35. The summed E-state index contributed by atoms with van der Waals surface area (Å²) in [4.78, 5) is 6.77. The first kappa shape index (κ1) is 8.40. The van der Waals surface area contributed by atoms with Gasteiger partial charge < -0.3 is 14.5 Å². The van der Waals surface area contributed by atoms with Crippen LogP contribution in [-0.2, 0) is 6.42 Å². The van der Waals surface area contributed by atoms with Crippen molar-refractivity contribution in [2.75, 3.05) is 14.2 Å². The predicted octanol–water partition coefficient (Wildman–Crippen LogP) is 0.493. The van der Waals surface area contributed by atoms with Crippen LogP contribution in [0.3, 0.4) is 0 Å². The molecular formula is C7H9N3O2. The van der Waals surface area contributed by atoms with Crippen LogP contribution in [0, 0.1) is 11.3 Å². The Morgan fingerprint density at radius 3 is 2.67 bits per heavy atom. The number of methoxy groups -OCH3 is 2. The maximum Gasteiger partial charge on any atom is 0.277 e. The normalized spacial score (nSPS) is 9.08. The molecule has 5 nitrogen and oxygen atoms in total. The summed E-state index contributed by atoms with van der Waals surface area (Å²) in [7, 11) is 3.00. The van der Waals surface area contributed by atoms with E-state index in [0.717, 1.165) is 0 Å². The summed E-state index contributed by atoms with van der Waals surface area (Å²) in [5.41, 5.74) is 0. The summed E-state index contributed by atoms with van der Waals surface area (Å²) < 4.78 is 9.80. The minimum Gasteiger partial charge on any atom is -0.478 e. The molecule has 1 aromatic rings.